The van der Waals surface area contributed by atoms with E-state index in [1.54, 1.807) is 6.08 Å². The van der Waals surface area contributed by atoms with Crippen LogP contribution in [-0.4, -0.2) is 0 Å². The predicted octanol–water partition coefficient (Wildman–Crippen LogP) is 5.56. The third-order valence-electron chi connectivity index (χ3n) is 2.60. The highest BCUT2D eigenvalue weighted by molar-refractivity contribution is 5.50. The summed E-state index contributed by atoms with van der Waals surface area (Å²) in [5.41, 5.74) is 1.21. The Labute approximate surface area is 111 Å². The summed E-state index contributed by atoms with van der Waals surface area (Å²) in [7, 11) is 0. The van der Waals surface area contributed by atoms with Crippen LogP contribution in [0.1, 0.15) is 31.2 Å². The first-order valence-electron chi connectivity index (χ1n) is 6.59. The van der Waals surface area contributed by atoms with Crippen molar-refractivity contribution in [3.8, 4) is 0 Å². The van der Waals surface area contributed by atoms with Crippen LogP contribution in [0.3, 0.4) is 0 Å². The number of allylic oxidation sites excluding steroid dienone is 6. The molecule has 0 heterocycles. The molecule has 0 atom stereocenters. The van der Waals surface area contributed by atoms with E-state index < -0.39 is 0 Å². The van der Waals surface area contributed by atoms with Gasteiger partial charge in [-0.25, -0.2) is 0 Å². The van der Waals surface area contributed by atoms with E-state index in [-0.39, 0.29) is 0 Å². The zero-order valence-corrected chi connectivity index (χ0v) is 11.0. The van der Waals surface area contributed by atoms with Crippen molar-refractivity contribution in [1.82, 2.24) is 0 Å². The zero-order valence-electron chi connectivity index (χ0n) is 11.0. The molecular formula is C18H22. The lowest BCUT2D eigenvalue weighted by atomic mass is 10.1. The summed E-state index contributed by atoms with van der Waals surface area (Å²) in [6.07, 6.45) is 19.7. The maximum atomic E-state index is 3.59. The molecule has 0 bridgehead atoms. The van der Waals surface area contributed by atoms with Crippen LogP contribution in [-0.2, 0) is 0 Å². The summed E-state index contributed by atoms with van der Waals surface area (Å²) >= 11 is 0. The van der Waals surface area contributed by atoms with Gasteiger partial charge in [0.05, 0.1) is 0 Å². The van der Waals surface area contributed by atoms with E-state index in [4.69, 9.17) is 0 Å². The van der Waals surface area contributed by atoms with E-state index in [9.17, 15) is 0 Å². The van der Waals surface area contributed by atoms with Gasteiger partial charge in [-0.15, -0.1) is 0 Å². The van der Waals surface area contributed by atoms with Crippen LogP contribution in [0.5, 0.6) is 0 Å². The average molecular weight is 238 g/mol. The summed E-state index contributed by atoms with van der Waals surface area (Å²) in [6, 6.07) is 10.1. The van der Waals surface area contributed by atoms with E-state index >= 15 is 0 Å². The number of hydrogen-bond donors (Lipinski definition) is 0. The van der Waals surface area contributed by atoms with Crippen molar-refractivity contribution in [1.29, 1.82) is 0 Å². The van der Waals surface area contributed by atoms with Crippen LogP contribution < -0.4 is 0 Å². The predicted molar refractivity (Wildman–Crippen MR) is 82.4 cm³/mol. The minimum Gasteiger partial charge on any atom is -0.0991 e. The molecule has 0 saturated heterocycles. The first-order chi connectivity index (χ1) is 8.93. The third kappa shape index (κ3) is 7.45. The second-order valence-electron chi connectivity index (χ2n) is 4.15. The first kappa shape index (κ1) is 14.2. The van der Waals surface area contributed by atoms with Gasteiger partial charge in [0.1, 0.15) is 0 Å². The van der Waals surface area contributed by atoms with Crippen molar-refractivity contribution in [2.24, 2.45) is 0 Å². The minimum absolute atomic E-state index is 1.21. The largest absolute Gasteiger partial charge is 0.0991 e. The highest BCUT2D eigenvalue weighted by atomic mass is 13.9. The maximum absolute atomic E-state index is 3.59. The van der Waals surface area contributed by atoms with E-state index in [2.05, 4.69) is 43.0 Å². The number of rotatable bonds is 2. The van der Waals surface area contributed by atoms with Gasteiger partial charge in [0.2, 0.25) is 0 Å². The molecule has 0 nitrogen and oxygen atoms in total. The highest BCUT2D eigenvalue weighted by Gasteiger charge is 1.84. The summed E-state index contributed by atoms with van der Waals surface area (Å²) < 4.78 is 0. The molecule has 1 aromatic rings. The molecule has 2 rings (SSSR count). The molecule has 0 N–H and O–H groups in total. The van der Waals surface area contributed by atoms with Gasteiger partial charge in [-0.2, -0.15) is 0 Å². The second kappa shape index (κ2) is 10.3. The Morgan fingerprint density at radius 1 is 0.889 bits per heavy atom. The van der Waals surface area contributed by atoms with Crippen LogP contribution in [0.4, 0.5) is 0 Å². The fourth-order valence-corrected chi connectivity index (χ4v) is 1.62. The van der Waals surface area contributed by atoms with E-state index in [1.807, 2.05) is 30.4 Å². The molecule has 0 radical (unpaired) electrons. The lowest BCUT2D eigenvalue weighted by Crippen LogP contribution is -1.74. The molecule has 0 aromatic heterocycles. The summed E-state index contributed by atoms with van der Waals surface area (Å²) in [5.74, 6) is 0. The van der Waals surface area contributed by atoms with Crippen molar-refractivity contribution >= 4 is 6.08 Å². The Kier molecular flexibility index (Phi) is 8.18. The van der Waals surface area contributed by atoms with Crippen molar-refractivity contribution < 1.29 is 0 Å². The van der Waals surface area contributed by atoms with Crippen LogP contribution in [0.2, 0.25) is 0 Å². The first-order valence-corrected chi connectivity index (χ1v) is 6.59. The van der Waals surface area contributed by atoms with Gasteiger partial charge in [-0.05, 0) is 31.2 Å². The maximum Gasteiger partial charge on any atom is -0.0257 e. The normalized spacial score (nSPS) is 18.0. The highest BCUT2D eigenvalue weighted by Crippen LogP contribution is 2.04. The molecule has 1 aromatic carbocycles. The van der Waals surface area contributed by atoms with Gasteiger partial charge in [0.15, 0.2) is 0 Å². The topological polar surface area (TPSA) is 0 Å². The van der Waals surface area contributed by atoms with E-state index in [0.717, 1.165) is 0 Å². The second-order valence-corrected chi connectivity index (χ2v) is 4.15. The zero-order chi connectivity index (χ0) is 12.9. The fourth-order valence-electron chi connectivity index (χ4n) is 1.62. The molecule has 1 aliphatic rings. The van der Waals surface area contributed by atoms with Gasteiger partial charge in [-0.1, -0.05) is 79.4 Å². The molecule has 0 spiro atoms. The molecule has 1 aliphatic carbocycles. The summed E-state index contributed by atoms with van der Waals surface area (Å²) in [6.45, 7) is 3.59. The number of hydrogen-bond acceptors (Lipinski definition) is 0. The SMILES string of the molecule is C1=C\CCCC\C=C/1.C=C/C=C/c1ccccc1. The van der Waals surface area contributed by atoms with Gasteiger partial charge in [0.25, 0.3) is 0 Å². The van der Waals surface area contributed by atoms with E-state index in [1.165, 1.54) is 31.2 Å². The lowest BCUT2D eigenvalue weighted by molar-refractivity contribution is 0.758. The monoisotopic (exact) mass is 238 g/mol. The molecule has 0 amide bonds. The van der Waals surface area contributed by atoms with Crippen LogP contribution in [0.25, 0.3) is 6.08 Å². The molecule has 0 fully saturated rings. The van der Waals surface area contributed by atoms with Gasteiger partial charge >= 0.3 is 0 Å². The Hall–Kier alpha value is -1.82. The van der Waals surface area contributed by atoms with Crippen LogP contribution in [0, 0.1) is 0 Å². The molecule has 0 heteroatoms. The average Bonchev–Trinajstić information content (AvgIpc) is 2.37. The number of benzene rings is 1. The lowest BCUT2D eigenvalue weighted by Gasteiger charge is -1.94. The quantitative estimate of drug-likeness (QED) is 0.592. The third-order valence-corrected chi connectivity index (χ3v) is 2.60. The Balaban J connectivity index is 0.000000184. The Bertz CT molecular complexity index is 379. The molecule has 0 aliphatic heterocycles. The molecule has 94 valence electrons. The van der Waals surface area contributed by atoms with Crippen molar-refractivity contribution in [3.05, 3.63) is 78.9 Å². The van der Waals surface area contributed by atoms with Crippen LogP contribution in [0.15, 0.2) is 73.4 Å². The van der Waals surface area contributed by atoms with Crippen molar-refractivity contribution in [2.45, 2.75) is 25.7 Å². The van der Waals surface area contributed by atoms with Crippen LogP contribution >= 0.6 is 0 Å². The smallest absolute Gasteiger partial charge is 0.0257 e. The molecular weight excluding hydrogens is 216 g/mol. The van der Waals surface area contributed by atoms with Crippen molar-refractivity contribution in [3.63, 3.8) is 0 Å². The van der Waals surface area contributed by atoms with Gasteiger partial charge in [-0.3, -0.25) is 0 Å². The van der Waals surface area contributed by atoms with E-state index in [0.29, 0.717) is 0 Å². The fraction of sp³-hybridized carbons (Fsp3) is 0.222. The van der Waals surface area contributed by atoms with Gasteiger partial charge in [0, 0.05) is 0 Å². The minimum atomic E-state index is 1.21. The summed E-state index contributed by atoms with van der Waals surface area (Å²) in [4.78, 5) is 0. The Morgan fingerprint density at radius 3 is 2.06 bits per heavy atom. The molecule has 0 unspecified atom stereocenters. The Morgan fingerprint density at radius 2 is 1.50 bits per heavy atom. The standard InChI is InChI=1S/C10H10.C8H12/c1-2-3-7-10-8-5-4-6-9-10;1-2-4-6-8-7-5-3-1/h2-9H,1H2;1-4H,5-8H2/b7-3+;3-1-,4-2-. The van der Waals surface area contributed by atoms with Gasteiger partial charge < -0.3 is 0 Å². The van der Waals surface area contributed by atoms with Crippen molar-refractivity contribution in [2.75, 3.05) is 0 Å². The molecule has 0 saturated carbocycles. The molecule has 18 heavy (non-hydrogen) atoms. The summed E-state index contributed by atoms with van der Waals surface area (Å²) in [5, 5.41) is 0.